The molecule has 3 aliphatic carbocycles. The molecule has 15 rings (SSSR count). The minimum atomic E-state index is -3.19. The van der Waals surface area contributed by atoms with Crippen molar-refractivity contribution in [3.05, 3.63) is 249 Å². The summed E-state index contributed by atoms with van der Waals surface area (Å²) in [4.78, 5) is 84.9. The number of sulfonamides is 1. The number of nitrogens with zero attached hydrogens (tertiary/aromatic N) is 16. The van der Waals surface area contributed by atoms with Gasteiger partial charge in [0.05, 0.1) is 49.0 Å². The predicted molar refractivity (Wildman–Crippen MR) is 458 cm³/mol. The highest BCUT2D eigenvalue weighted by Gasteiger charge is 2.36. The van der Waals surface area contributed by atoms with Crippen LogP contribution in [-0.2, 0) is 46.5 Å². The smallest absolute Gasteiger partial charge is 0.278 e. The lowest BCUT2D eigenvalue weighted by Gasteiger charge is -2.28. The number of allylic oxidation sites excluding steroid dienone is 3. The van der Waals surface area contributed by atoms with E-state index < -0.39 is 32.7 Å². The maximum Gasteiger partial charge on any atom is 0.278 e. The van der Waals surface area contributed by atoms with Gasteiger partial charge in [-0.05, 0) is 213 Å². The van der Waals surface area contributed by atoms with Crippen molar-refractivity contribution in [1.29, 1.82) is 0 Å². The zero-order valence-corrected chi connectivity index (χ0v) is 68.4. The van der Waals surface area contributed by atoms with Crippen molar-refractivity contribution >= 4 is 84.0 Å². The minimum Gasteiger partial charge on any atom is -0.384 e. The molecule has 33 heteroatoms. The highest BCUT2D eigenvalue weighted by Crippen LogP contribution is 2.42. The van der Waals surface area contributed by atoms with Crippen molar-refractivity contribution in [2.24, 2.45) is 16.5 Å². The molecule has 0 bridgehead atoms. The van der Waals surface area contributed by atoms with Crippen LogP contribution in [0.15, 0.2) is 203 Å². The molecular formula is C86H100F2N22O8S. The largest absolute Gasteiger partial charge is 0.384 e. The van der Waals surface area contributed by atoms with E-state index in [0.29, 0.717) is 104 Å². The van der Waals surface area contributed by atoms with E-state index >= 15 is 0 Å². The zero-order chi connectivity index (χ0) is 84.9. The number of hydrogen-bond donors (Lipinski definition) is 9. The SMILES string of the molecule is C=CCn1c(=O)c2cnc(Nc3ccc(C4CCC(F)(F)CC4)cc3)nc2n1-c1cccc(C(C)(C)O)n1.C=CCn1c(=O)c2cnc(Nc3ccc(C4CCC(N=C(N)N)CC4)cc3)nc2n1-c1cccc(C(C)(C)O)n1.C=CCn1c(=O)c2cnc(Nc3ccc(C4CCC(NS(C)(=O)=O)CC4)cc3)nc2n1-c1cccc(C(C)(C)O)n1. The third kappa shape index (κ3) is 19.9. The molecule has 0 unspecified atom stereocenters. The molecule has 3 aromatic carbocycles. The Hall–Kier alpha value is -12.3. The van der Waals surface area contributed by atoms with Gasteiger partial charge in [0.15, 0.2) is 40.4 Å². The summed E-state index contributed by atoms with van der Waals surface area (Å²) in [7, 11) is -3.19. The van der Waals surface area contributed by atoms with E-state index in [9.17, 15) is 46.9 Å². The van der Waals surface area contributed by atoms with Crippen LogP contribution in [0, 0.1) is 0 Å². The van der Waals surface area contributed by atoms with Crippen LogP contribution in [0.25, 0.3) is 50.6 Å². The Balaban J connectivity index is 0.000000155. The third-order valence-corrected chi connectivity index (χ3v) is 22.2. The summed E-state index contributed by atoms with van der Waals surface area (Å²) in [6, 6.07) is 40.0. The van der Waals surface area contributed by atoms with Crippen LogP contribution >= 0.6 is 0 Å². The number of rotatable bonds is 24. The summed E-state index contributed by atoms with van der Waals surface area (Å²) in [6.07, 6.45) is 18.8. The molecule has 119 heavy (non-hydrogen) atoms. The van der Waals surface area contributed by atoms with Gasteiger partial charge >= 0.3 is 0 Å². The van der Waals surface area contributed by atoms with Gasteiger partial charge in [-0.2, -0.15) is 15.0 Å². The summed E-state index contributed by atoms with van der Waals surface area (Å²) in [5.41, 5.74) is 15.2. The summed E-state index contributed by atoms with van der Waals surface area (Å²) in [5.74, 6) is 0.850. The van der Waals surface area contributed by atoms with E-state index in [2.05, 4.69) is 110 Å². The number of nitrogens with two attached hydrogens (primary N) is 2. The molecule has 9 heterocycles. The van der Waals surface area contributed by atoms with Gasteiger partial charge in [-0.15, -0.1) is 19.7 Å². The first-order chi connectivity index (χ1) is 56.6. The average Bonchev–Trinajstić information content (AvgIpc) is 1.62. The number of guanidine groups is 1. The van der Waals surface area contributed by atoms with Crippen LogP contribution in [0.5, 0.6) is 0 Å². The molecular weight excluding hydrogens is 1540 g/mol. The number of aliphatic hydroxyl groups is 3. The molecule has 3 aliphatic rings. The molecule has 0 saturated heterocycles. The third-order valence-electron chi connectivity index (χ3n) is 21.4. The van der Waals surface area contributed by atoms with Crippen LogP contribution in [0.2, 0.25) is 0 Å². The number of aromatic nitrogens is 15. The highest BCUT2D eigenvalue weighted by atomic mass is 32.2. The number of halogens is 2. The number of hydrogen-bond acceptors (Lipinski definition) is 21. The molecule has 0 atom stereocenters. The lowest BCUT2D eigenvalue weighted by molar-refractivity contribution is -0.0382. The Morgan fingerprint density at radius 1 is 0.479 bits per heavy atom. The van der Waals surface area contributed by atoms with E-state index in [4.69, 9.17) is 16.5 Å². The normalized spacial score (nSPS) is 17.2. The lowest BCUT2D eigenvalue weighted by Crippen LogP contribution is -2.36. The fourth-order valence-corrected chi connectivity index (χ4v) is 16.2. The number of anilines is 6. The number of nitrogens with one attached hydrogen (secondary N) is 4. The second kappa shape index (κ2) is 35.1. The van der Waals surface area contributed by atoms with Crippen molar-refractivity contribution in [3.8, 4) is 17.5 Å². The quantitative estimate of drug-likeness (QED) is 0.0154. The molecule has 3 saturated carbocycles. The van der Waals surface area contributed by atoms with Gasteiger partial charge in [0.1, 0.15) is 33.0 Å². The second-order valence-corrected chi connectivity index (χ2v) is 33.7. The standard InChI is InChI=1S/C29H35N9O2.C29H35N7O4S.C28H30F2N6O2/c1-4-16-37-26(39)22-17-32-28(36-25(22)38(37)24-7-5-6-23(35-24)29(2,3)40)34-21-14-10-19(11-15-21)18-8-12-20(13-9-18)33-27(30)31;1-5-17-35-27(37)23-18-30-28(33-26(23)36(35)25-8-6-7-24(32-25)29(2,3)38)31-21-13-9-19(10-14-21)20-11-15-22(16-12-20)34-41(4,39)40;1-4-16-35-25(37)21-17-31-26(34-24(21)36(35)23-7-5-6-22(33-23)27(2,3)38)32-20-10-8-18(9-11-20)19-12-14-28(29,30)15-13-19/h4-7,10-11,14-15,17-18,20,40H,1,8-9,12-13,16H2,2-3H3,(H4,30,31,33)(H,32,34,36);5-10,13-14,18,20,22,34,38H,1,11-12,15-17H2,2-4H3,(H,30,31,33);4-11,17,19,38H,1,12-16H2,2-3H3,(H,31,32,34). The molecule has 11 N–H and O–H groups in total. The van der Waals surface area contributed by atoms with Gasteiger partial charge in [-0.25, -0.2) is 79.9 Å². The van der Waals surface area contributed by atoms with Crippen molar-refractivity contribution < 1.29 is 32.5 Å². The van der Waals surface area contributed by atoms with E-state index in [-0.39, 0.29) is 79.1 Å². The number of benzene rings is 3. The van der Waals surface area contributed by atoms with Crippen LogP contribution in [0.1, 0.15) is 170 Å². The van der Waals surface area contributed by atoms with E-state index in [1.165, 1.54) is 50.0 Å². The lowest BCUT2D eigenvalue weighted by atomic mass is 9.82. The molecule has 3 fully saturated rings. The topological polar surface area (TPSA) is 404 Å². The van der Waals surface area contributed by atoms with Crippen LogP contribution in [0.3, 0.4) is 0 Å². The Morgan fingerprint density at radius 2 is 0.782 bits per heavy atom. The molecule has 622 valence electrons. The Kier molecular flexibility index (Phi) is 25.0. The van der Waals surface area contributed by atoms with Gasteiger partial charge in [-0.3, -0.25) is 19.4 Å². The van der Waals surface area contributed by atoms with Crippen LogP contribution < -0.4 is 48.8 Å². The number of aliphatic imine (C=N–C) groups is 1. The van der Waals surface area contributed by atoms with E-state index in [1.54, 1.807) is 128 Å². The molecule has 0 spiro atoms. The molecule has 0 aliphatic heterocycles. The fourth-order valence-electron chi connectivity index (χ4n) is 15.3. The van der Waals surface area contributed by atoms with Crippen molar-refractivity contribution in [3.63, 3.8) is 0 Å². The maximum atomic E-state index is 13.5. The molecule has 30 nitrogen and oxygen atoms in total. The van der Waals surface area contributed by atoms with Gasteiger partial charge < -0.3 is 42.7 Å². The highest BCUT2D eigenvalue weighted by molar-refractivity contribution is 7.88. The molecule has 0 amide bonds. The fraction of sp³-hybridized carbons (Fsp3) is 0.360. The maximum absolute atomic E-state index is 13.5. The molecule has 9 aromatic heterocycles. The first-order valence-electron chi connectivity index (χ1n) is 39.6. The monoisotopic (exact) mass is 1640 g/mol. The van der Waals surface area contributed by atoms with Crippen molar-refractivity contribution in [2.75, 3.05) is 22.2 Å². The van der Waals surface area contributed by atoms with Crippen molar-refractivity contribution in [2.45, 2.75) is 191 Å². The first-order valence-corrected chi connectivity index (χ1v) is 41.5. The van der Waals surface area contributed by atoms with Gasteiger partial charge in [0.25, 0.3) is 16.7 Å². The Labute approximate surface area is 686 Å². The minimum absolute atomic E-state index is 0.000743. The molecule has 0 radical (unpaired) electrons. The summed E-state index contributed by atoms with van der Waals surface area (Å²) in [5, 5.41) is 42.1. The number of alkyl halides is 2. The molecule has 12 aromatic rings. The predicted octanol–water partition coefficient (Wildman–Crippen LogP) is 12.6. The average molecular weight is 1640 g/mol. The van der Waals surface area contributed by atoms with Crippen molar-refractivity contribution in [1.82, 2.24) is 77.7 Å². The Morgan fingerprint density at radius 3 is 1.07 bits per heavy atom. The van der Waals surface area contributed by atoms with Gasteiger partial charge in [0.2, 0.25) is 33.8 Å². The van der Waals surface area contributed by atoms with E-state index in [0.717, 1.165) is 74.0 Å². The van der Waals surface area contributed by atoms with Gasteiger partial charge in [0, 0.05) is 54.5 Å². The summed E-state index contributed by atoms with van der Waals surface area (Å²) >= 11 is 0. The zero-order valence-electron chi connectivity index (χ0n) is 67.6. The van der Waals surface area contributed by atoms with Gasteiger partial charge in [-0.1, -0.05) is 72.8 Å². The second-order valence-electron chi connectivity index (χ2n) is 31.9. The number of fused-ring (bicyclic) bond motifs is 3. The van der Waals surface area contributed by atoms with E-state index in [1.807, 2.05) is 48.5 Å². The number of pyridine rings is 3. The van der Waals surface area contributed by atoms with Crippen LogP contribution in [0.4, 0.5) is 43.7 Å². The van der Waals surface area contributed by atoms with Crippen LogP contribution in [-0.4, -0.2) is 127 Å². The first kappa shape index (κ1) is 84.6. The Bertz CT molecular complexity index is 6030. The summed E-state index contributed by atoms with van der Waals surface area (Å²) in [6.45, 7) is 22.0. The summed E-state index contributed by atoms with van der Waals surface area (Å²) < 4.78 is 62.2.